The number of hydrogen-bond donors (Lipinski definition) is 2. The van der Waals surface area contributed by atoms with Crippen molar-refractivity contribution in [2.45, 2.75) is 71.8 Å². The maximum atomic E-state index is 12.4. The number of amides is 2. The first-order chi connectivity index (χ1) is 14.9. The van der Waals surface area contributed by atoms with E-state index < -0.39 is 12.2 Å². The van der Waals surface area contributed by atoms with Gasteiger partial charge in [0, 0.05) is 37.6 Å². The molecule has 0 aliphatic carbocycles. The molecule has 2 atom stereocenters. The van der Waals surface area contributed by atoms with E-state index in [4.69, 9.17) is 9.47 Å². The van der Waals surface area contributed by atoms with Gasteiger partial charge in [-0.3, -0.25) is 20.4 Å². The first-order valence-corrected chi connectivity index (χ1v) is 11.5. The van der Waals surface area contributed by atoms with Gasteiger partial charge in [0.25, 0.3) is 0 Å². The van der Waals surface area contributed by atoms with Crippen molar-refractivity contribution in [3.05, 3.63) is 23.8 Å². The van der Waals surface area contributed by atoms with Crippen molar-refractivity contribution >= 4 is 23.6 Å². The van der Waals surface area contributed by atoms with Crippen molar-refractivity contribution in [3.8, 4) is 0 Å². The Morgan fingerprint density at radius 2 is 1.29 bits per heavy atom. The van der Waals surface area contributed by atoms with Crippen molar-refractivity contribution in [2.24, 2.45) is 0 Å². The topological polar surface area (TPSA) is 83.1 Å². The molecule has 172 valence electrons. The number of anilines is 2. The van der Waals surface area contributed by atoms with E-state index in [1.165, 1.54) is 12.8 Å². The number of nitrogens with zero attached hydrogens (tertiary/aromatic N) is 2. The van der Waals surface area contributed by atoms with Crippen LogP contribution in [0.15, 0.2) is 18.2 Å². The number of carbonyl (C=O) groups is 2. The predicted molar refractivity (Wildman–Crippen MR) is 121 cm³/mol. The first-order valence-electron chi connectivity index (χ1n) is 11.5. The number of piperidine rings is 2. The molecule has 0 saturated carbocycles. The van der Waals surface area contributed by atoms with Crippen LogP contribution in [0.5, 0.6) is 0 Å². The minimum absolute atomic E-state index is 0.269. The number of ether oxygens (including phenoxy) is 2. The molecule has 0 radical (unpaired) electrons. The Morgan fingerprint density at radius 1 is 0.806 bits per heavy atom. The van der Waals surface area contributed by atoms with Gasteiger partial charge in [-0.05, 0) is 64.2 Å². The lowest BCUT2D eigenvalue weighted by Crippen LogP contribution is -2.41. The first kappa shape index (κ1) is 23.3. The largest absolute Gasteiger partial charge is 0.430 e. The van der Waals surface area contributed by atoms with Crippen molar-refractivity contribution in [1.82, 2.24) is 9.80 Å². The van der Waals surface area contributed by atoms with Gasteiger partial charge in [0.1, 0.15) is 0 Å². The zero-order valence-corrected chi connectivity index (χ0v) is 19.0. The maximum absolute atomic E-state index is 12.4. The molecular weight excluding hydrogens is 396 g/mol. The Labute approximate surface area is 185 Å². The van der Waals surface area contributed by atoms with Gasteiger partial charge in [-0.25, -0.2) is 9.59 Å². The van der Waals surface area contributed by atoms with E-state index in [-0.39, 0.29) is 12.5 Å². The SMILES string of the molecule is Cc1ccc(NC(=O)O[C@@H](C)N2CCCCC2)cc1NC(=O)O[C@H](C)N1CCCCC1. The molecule has 0 unspecified atom stereocenters. The van der Waals surface area contributed by atoms with Crippen molar-refractivity contribution in [1.29, 1.82) is 0 Å². The van der Waals surface area contributed by atoms with E-state index in [1.54, 1.807) is 12.1 Å². The molecule has 1 aromatic rings. The van der Waals surface area contributed by atoms with Crippen molar-refractivity contribution in [2.75, 3.05) is 36.8 Å². The Bertz CT molecular complexity index is 745. The zero-order valence-electron chi connectivity index (χ0n) is 19.0. The minimum Gasteiger partial charge on any atom is -0.430 e. The second kappa shape index (κ2) is 11.3. The van der Waals surface area contributed by atoms with Crippen LogP contribution in [-0.4, -0.2) is 60.6 Å². The molecule has 2 amide bonds. The number of aryl methyl sites for hydroxylation is 1. The predicted octanol–water partition coefficient (Wildman–Crippen LogP) is 4.76. The van der Waals surface area contributed by atoms with Crippen LogP contribution in [0.1, 0.15) is 57.9 Å². The Morgan fingerprint density at radius 3 is 1.81 bits per heavy atom. The highest BCUT2D eigenvalue weighted by Crippen LogP contribution is 2.22. The summed E-state index contributed by atoms with van der Waals surface area (Å²) in [5, 5.41) is 5.56. The van der Waals surface area contributed by atoms with Gasteiger partial charge in [-0.1, -0.05) is 18.9 Å². The van der Waals surface area contributed by atoms with Crippen LogP contribution in [-0.2, 0) is 9.47 Å². The molecule has 2 saturated heterocycles. The summed E-state index contributed by atoms with van der Waals surface area (Å²) in [5.74, 6) is 0. The van der Waals surface area contributed by atoms with Gasteiger partial charge >= 0.3 is 12.2 Å². The summed E-state index contributed by atoms with van der Waals surface area (Å²) >= 11 is 0. The zero-order chi connectivity index (χ0) is 22.2. The monoisotopic (exact) mass is 432 g/mol. The molecule has 1 aromatic carbocycles. The summed E-state index contributed by atoms with van der Waals surface area (Å²) in [7, 11) is 0. The normalized spacial score (nSPS) is 19.8. The van der Waals surface area contributed by atoms with Gasteiger partial charge in [0.05, 0.1) is 0 Å². The lowest BCUT2D eigenvalue weighted by molar-refractivity contribution is -0.00497. The van der Waals surface area contributed by atoms with E-state index in [9.17, 15) is 9.59 Å². The highest BCUT2D eigenvalue weighted by Gasteiger charge is 2.21. The average molecular weight is 433 g/mol. The summed E-state index contributed by atoms with van der Waals surface area (Å²) in [4.78, 5) is 29.1. The van der Waals surface area contributed by atoms with E-state index in [0.717, 1.165) is 57.4 Å². The van der Waals surface area contributed by atoms with Crippen LogP contribution in [0.25, 0.3) is 0 Å². The molecule has 2 fully saturated rings. The molecule has 3 rings (SSSR count). The van der Waals surface area contributed by atoms with Crippen molar-refractivity contribution in [3.63, 3.8) is 0 Å². The quantitative estimate of drug-likeness (QED) is 0.675. The van der Waals surface area contributed by atoms with Gasteiger partial charge in [-0.2, -0.15) is 0 Å². The van der Waals surface area contributed by atoms with E-state index >= 15 is 0 Å². The molecule has 0 aromatic heterocycles. The Kier molecular flexibility index (Phi) is 8.54. The molecular formula is C23H36N4O4. The van der Waals surface area contributed by atoms with Crippen molar-refractivity contribution < 1.29 is 19.1 Å². The second-order valence-electron chi connectivity index (χ2n) is 8.48. The average Bonchev–Trinajstić information content (AvgIpc) is 2.77. The summed E-state index contributed by atoms with van der Waals surface area (Å²) in [6.45, 7) is 9.48. The van der Waals surface area contributed by atoms with E-state index in [0.29, 0.717) is 11.4 Å². The maximum Gasteiger partial charge on any atom is 0.413 e. The summed E-state index contributed by atoms with van der Waals surface area (Å²) < 4.78 is 11.1. The Hall–Kier alpha value is -2.32. The number of rotatable bonds is 6. The minimum atomic E-state index is -0.505. The van der Waals surface area contributed by atoms with Gasteiger partial charge < -0.3 is 9.47 Å². The third kappa shape index (κ3) is 7.11. The number of nitrogens with one attached hydrogen (secondary N) is 2. The summed E-state index contributed by atoms with van der Waals surface area (Å²) in [6.07, 6.45) is 5.45. The fourth-order valence-electron chi connectivity index (χ4n) is 4.14. The number of likely N-dealkylation sites (tertiary alicyclic amines) is 2. The number of hydrogen-bond acceptors (Lipinski definition) is 6. The second-order valence-corrected chi connectivity index (χ2v) is 8.48. The Balaban J connectivity index is 1.51. The third-order valence-corrected chi connectivity index (χ3v) is 6.09. The smallest absolute Gasteiger partial charge is 0.413 e. The molecule has 8 heteroatoms. The summed E-state index contributed by atoms with van der Waals surface area (Å²) in [6, 6.07) is 5.34. The van der Waals surface area contributed by atoms with Crippen LogP contribution in [0, 0.1) is 6.92 Å². The van der Waals surface area contributed by atoms with Crippen LogP contribution in [0.2, 0.25) is 0 Å². The lowest BCUT2D eigenvalue weighted by Gasteiger charge is -2.31. The third-order valence-electron chi connectivity index (χ3n) is 6.09. The molecule has 31 heavy (non-hydrogen) atoms. The van der Waals surface area contributed by atoms with Gasteiger partial charge in [0.15, 0.2) is 12.5 Å². The van der Waals surface area contributed by atoms with Gasteiger partial charge in [0.2, 0.25) is 0 Å². The van der Waals surface area contributed by atoms with Crippen LogP contribution in [0.3, 0.4) is 0 Å². The highest BCUT2D eigenvalue weighted by atomic mass is 16.6. The number of benzene rings is 1. The lowest BCUT2D eigenvalue weighted by atomic mass is 10.1. The molecule has 0 spiro atoms. The molecule has 8 nitrogen and oxygen atoms in total. The van der Waals surface area contributed by atoms with Crippen LogP contribution >= 0.6 is 0 Å². The van der Waals surface area contributed by atoms with Crippen LogP contribution in [0.4, 0.5) is 21.0 Å². The fraction of sp³-hybridized carbons (Fsp3) is 0.652. The van der Waals surface area contributed by atoms with Gasteiger partial charge in [-0.15, -0.1) is 0 Å². The molecule has 2 heterocycles. The molecule has 0 bridgehead atoms. The molecule has 2 aliphatic rings. The van der Waals surface area contributed by atoms with E-state index in [2.05, 4.69) is 20.4 Å². The number of carbonyl (C=O) groups excluding carboxylic acids is 2. The molecule has 2 N–H and O–H groups in total. The fourth-order valence-corrected chi connectivity index (χ4v) is 4.14. The highest BCUT2D eigenvalue weighted by molar-refractivity contribution is 5.89. The van der Waals surface area contributed by atoms with Crippen LogP contribution < -0.4 is 10.6 Å². The summed E-state index contributed by atoms with van der Waals surface area (Å²) in [5.41, 5.74) is 2.03. The molecule has 2 aliphatic heterocycles. The standard InChI is InChI=1S/C23H36N4O4/c1-17-10-11-20(24-22(28)30-18(2)26-12-6-4-7-13-26)16-21(17)25-23(29)31-19(3)27-14-8-5-9-15-27/h10-11,16,18-19H,4-9,12-15H2,1-3H3,(H,24,28)(H,25,29)/t18-,19+/m0/s1. The van der Waals surface area contributed by atoms with E-state index in [1.807, 2.05) is 26.8 Å².